The minimum Gasteiger partial charge on any atom is -0.467 e. The molecule has 17 heavy (non-hydrogen) atoms. The van der Waals surface area contributed by atoms with E-state index in [0.29, 0.717) is 0 Å². The summed E-state index contributed by atoms with van der Waals surface area (Å²) in [6.45, 7) is 4.08. The van der Waals surface area contributed by atoms with E-state index in [2.05, 4.69) is 34.3 Å². The normalized spacial score (nSPS) is 11.2. The molecule has 0 bridgehead atoms. The molecule has 1 N–H and O–H groups in total. The van der Waals surface area contributed by atoms with Crippen molar-refractivity contribution in [3.8, 4) is 11.3 Å². The van der Waals surface area contributed by atoms with Crippen LogP contribution in [0.4, 0.5) is 0 Å². The summed E-state index contributed by atoms with van der Waals surface area (Å²) >= 11 is 0. The number of hydrogen-bond acceptors (Lipinski definition) is 4. The molecule has 0 aromatic carbocycles. The van der Waals surface area contributed by atoms with Crippen LogP contribution in [0.15, 0.2) is 22.9 Å². The second-order valence-electron chi connectivity index (χ2n) is 4.20. The number of nitrogens with zero attached hydrogens (tertiary/aromatic N) is 3. The molecule has 0 radical (unpaired) electrons. The van der Waals surface area contributed by atoms with E-state index >= 15 is 0 Å². The van der Waals surface area contributed by atoms with Crippen molar-refractivity contribution in [2.75, 3.05) is 13.6 Å². The van der Waals surface area contributed by atoms with Crippen LogP contribution in [0.2, 0.25) is 0 Å². The number of nitrogens with one attached hydrogen (secondary N) is 1. The Kier molecular flexibility index (Phi) is 3.93. The second kappa shape index (κ2) is 5.63. The summed E-state index contributed by atoms with van der Waals surface area (Å²) in [4.78, 5) is 2.26. The standard InChI is InChI=1S/C12H18N4O/c1-3-4-6-16(2)9-12-10(5-7-17-12)11-8-13-15-14-11/h5,7-8H,3-4,6,9H2,1-2H3,(H,13,14,15). The summed E-state index contributed by atoms with van der Waals surface area (Å²) in [6.07, 6.45) is 5.82. The highest BCUT2D eigenvalue weighted by Crippen LogP contribution is 2.23. The fourth-order valence-corrected chi connectivity index (χ4v) is 1.77. The zero-order valence-corrected chi connectivity index (χ0v) is 10.3. The van der Waals surface area contributed by atoms with Crippen molar-refractivity contribution < 1.29 is 4.42 Å². The van der Waals surface area contributed by atoms with Crippen molar-refractivity contribution in [1.29, 1.82) is 0 Å². The highest BCUT2D eigenvalue weighted by Gasteiger charge is 2.12. The zero-order chi connectivity index (χ0) is 12.1. The molecule has 0 saturated carbocycles. The zero-order valence-electron chi connectivity index (χ0n) is 10.3. The van der Waals surface area contributed by atoms with Crippen molar-refractivity contribution >= 4 is 0 Å². The van der Waals surface area contributed by atoms with Gasteiger partial charge in [0.25, 0.3) is 0 Å². The molecule has 0 spiro atoms. The fraction of sp³-hybridized carbons (Fsp3) is 0.500. The first kappa shape index (κ1) is 11.9. The monoisotopic (exact) mass is 234 g/mol. The van der Waals surface area contributed by atoms with Crippen LogP contribution in [-0.4, -0.2) is 33.9 Å². The lowest BCUT2D eigenvalue weighted by Gasteiger charge is -2.14. The molecule has 0 fully saturated rings. The van der Waals surface area contributed by atoms with Crippen LogP contribution in [0.25, 0.3) is 11.3 Å². The summed E-state index contributed by atoms with van der Waals surface area (Å²) < 4.78 is 5.52. The third kappa shape index (κ3) is 2.94. The molecule has 0 aliphatic heterocycles. The van der Waals surface area contributed by atoms with Gasteiger partial charge < -0.3 is 4.42 Å². The van der Waals surface area contributed by atoms with Gasteiger partial charge in [0.05, 0.1) is 19.0 Å². The molecule has 0 atom stereocenters. The topological polar surface area (TPSA) is 58.0 Å². The van der Waals surface area contributed by atoms with Gasteiger partial charge in [0, 0.05) is 5.56 Å². The van der Waals surface area contributed by atoms with Crippen LogP contribution in [0.5, 0.6) is 0 Å². The summed E-state index contributed by atoms with van der Waals surface area (Å²) in [6, 6.07) is 1.93. The van der Waals surface area contributed by atoms with Crippen LogP contribution in [0.1, 0.15) is 25.5 Å². The Hall–Kier alpha value is -1.62. The molecule has 5 heteroatoms. The van der Waals surface area contributed by atoms with Gasteiger partial charge in [0.15, 0.2) is 0 Å². The molecule has 2 heterocycles. The Morgan fingerprint density at radius 3 is 3.06 bits per heavy atom. The second-order valence-corrected chi connectivity index (χ2v) is 4.20. The molecular weight excluding hydrogens is 216 g/mol. The summed E-state index contributed by atoms with van der Waals surface area (Å²) in [5.41, 5.74) is 1.85. The van der Waals surface area contributed by atoms with Gasteiger partial charge in [-0.2, -0.15) is 15.4 Å². The molecule has 5 nitrogen and oxygen atoms in total. The highest BCUT2D eigenvalue weighted by molar-refractivity contribution is 5.59. The van der Waals surface area contributed by atoms with Gasteiger partial charge in [-0.05, 0) is 26.1 Å². The third-order valence-corrected chi connectivity index (χ3v) is 2.74. The van der Waals surface area contributed by atoms with Crippen molar-refractivity contribution in [3.05, 3.63) is 24.3 Å². The lowest BCUT2D eigenvalue weighted by molar-refractivity contribution is 0.291. The van der Waals surface area contributed by atoms with Gasteiger partial charge in [-0.3, -0.25) is 4.90 Å². The first-order valence-electron chi connectivity index (χ1n) is 5.92. The van der Waals surface area contributed by atoms with E-state index in [0.717, 1.165) is 30.1 Å². The number of furan rings is 1. The van der Waals surface area contributed by atoms with Gasteiger partial charge in [0.1, 0.15) is 11.5 Å². The lowest BCUT2D eigenvalue weighted by atomic mass is 10.2. The summed E-state index contributed by atoms with van der Waals surface area (Å²) in [5, 5.41) is 10.5. The number of rotatable bonds is 6. The summed E-state index contributed by atoms with van der Waals surface area (Å²) in [5.74, 6) is 0.942. The molecule has 2 aromatic heterocycles. The van der Waals surface area contributed by atoms with Crippen LogP contribution in [0, 0.1) is 0 Å². The molecule has 92 valence electrons. The quantitative estimate of drug-likeness (QED) is 0.833. The SMILES string of the molecule is CCCCN(C)Cc1occc1-c1cn[nH]n1. The maximum absolute atomic E-state index is 5.52. The van der Waals surface area contributed by atoms with E-state index in [-0.39, 0.29) is 0 Å². The van der Waals surface area contributed by atoms with Gasteiger partial charge in [-0.15, -0.1) is 0 Å². The molecular formula is C12H18N4O. The third-order valence-electron chi connectivity index (χ3n) is 2.74. The summed E-state index contributed by atoms with van der Waals surface area (Å²) in [7, 11) is 2.10. The fourth-order valence-electron chi connectivity index (χ4n) is 1.77. The molecule has 2 aromatic rings. The van der Waals surface area contributed by atoms with E-state index < -0.39 is 0 Å². The van der Waals surface area contributed by atoms with Crippen molar-refractivity contribution in [1.82, 2.24) is 20.3 Å². The molecule has 0 saturated heterocycles. The molecule has 0 amide bonds. The van der Waals surface area contributed by atoms with Gasteiger partial charge in [-0.1, -0.05) is 13.3 Å². The predicted octanol–water partition coefficient (Wildman–Crippen LogP) is 2.30. The first-order valence-corrected chi connectivity index (χ1v) is 5.92. The van der Waals surface area contributed by atoms with E-state index in [1.165, 1.54) is 12.8 Å². The largest absolute Gasteiger partial charge is 0.467 e. The minimum atomic E-state index is 0.801. The Labute approximate surface area is 101 Å². The Morgan fingerprint density at radius 1 is 1.47 bits per heavy atom. The Morgan fingerprint density at radius 2 is 2.35 bits per heavy atom. The number of aromatic amines is 1. The van der Waals surface area contributed by atoms with Crippen molar-refractivity contribution in [3.63, 3.8) is 0 Å². The molecule has 0 aliphatic rings. The van der Waals surface area contributed by atoms with Crippen LogP contribution >= 0.6 is 0 Å². The van der Waals surface area contributed by atoms with Gasteiger partial charge in [0.2, 0.25) is 0 Å². The van der Waals surface area contributed by atoms with Crippen LogP contribution in [-0.2, 0) is 6.54 Å². The average Bonchev–Trinajstić information content (AvgIpc) is 2.95. The highest BCUT2D eigenvalue weighted by atomic mass is 16.3. The van der Waals surface area contributed by atoms with E-state index in [1.807, 2.05) is 6.07 Å². The van der Waals surface area contributed by atoms with Crippen LogP contribution < -0.4 is 0 Å². The van der Waals surface area contributed by atoms with E-state index in [1.54, 1.807) is 12.5 Å². The maximum atomic E-state index is 5.52. The van der Waals surface area contributed by atoms with E-state index in [4.69, 9.17) is 4.42 Å². The van der Waals surface area contributed by atoms with Gasteiger partial charge in [-0.25, -0.2) is 0 Å². The number of aromatic nitrogens is 3. The Balaban J connectivity index is 2.04. The van der Waals surface area contributed by atoms with Crippen LogP contribution in [0.3, 0.4) is 0 Å². The number of unbranched alkanes of at least 4 members (excludes halogenated alkanes) is 1. The predicted molar refractivity (Wildman–Crippen MR) is 65.3 cm³/mol. The average molecular weight is 234 g/mol. The molecule has 0 aliphatic carbocycles. The van der Waals surface area contributed by atoms with E-state index in [9.17, 15) is 0 Å². The van der Waals surface area contributed by atoms with Crippen molar-refractivity contribution in [2.45, 2.75) is 26.3 Å². The maximum Gasteiger partial charge on any atom is 0.127 e. The minimum absolute atomic E-state index is 0.801. The smallest absolute Gasteiger partial charge is 0.127 e. The number of H-pyrrole nitrogens is 1. The lowest BCUT2D eigenvalue weighted by Crippen LogP contribution is -2.18. The molecule has 2 rings (SSSR count). The Bertz CT molecular complexity index is 435. The number of hydrogen-bond donors (Lipinski definition) is 1. The van der Waals surface area contributed by atoms with Crippen molar-refractivity contribution in [2.24, 2.45) is 0 Å². The molecule has 0 unspecified atom stereocenters. The first-order chi connectivity index (χ1) is 8.31. The van der Waals surface area contributed by atoms with Gasteiger partial charge >= 0.3 is 0 Å².